The molecular weight excluding hydrogens is 251 g/mol. The number of benzene rings is 1. The Hall–Kier alpha value is -1.75. The third-order valence-electron chi connectivity index (χ3n) is 2.66. The molecule has 1 aromatic heterocycles. The van der Waals surface area contributed by atoms with Gasteiger partial charge in [0.05, 0.1) is 10.6 Å². The van der Waals surface area contributed by atoms with Crippen molar-refractivity contribution in [2.24, 2.45) is 0 Å². The van der Waals surface area contributed by atoms with Crippen molar-refractivity contribution in [1.29, 1.82) is 0 Å². The fourth-order valence-corrected chi connectivity index (χ4v) is 2.57. The number of aryl methyl sites for hydroxylation is 1. The van der Waals surface area contributed by atoms with E-state index in [0.717, 1.165) is 29.2 Å². The minimum Gasteiger partial charge on any atom is -0.321 e. The Bertz CT molecular complexity index is 551. The van der Waals surface area contributed by atoms with Crippen LogP contribution in [0.25, 0.3) is 0 Å². The fraction of sp³-hybridized carbons (Fsp3) is 0.231. The van der Waals surface area contributed by atoms with Crippen molar-refractivity contribution in [1.82, 2.24) is 4.98 Å². The van der Waals surface area contributed by atoms with Crippen molar-refractivity contribution in [3.05, 3.63) is 40.7 Å². The molecule has 0 fully saturated rings. The Balaban J connectivity index is 2.33. The van der Waals surface area contributed by atoms with Gasteiger partial charge in [-0.15, -0.1) is 0 Å². The van der Waals surface area contributed by atoms with Gasteiger partial charge in [-0.3, -0.25) is 4.79 Å². The molecule has 0 aliphatic rings. The zero-order chi connectivity index (χ0) is 13.1. The first-order valence-electron chi connectivity index (χ1n) is 5.60. The van der Waals surface area contributed by atoms with Crippen LogP contribution in [0.4, 0.5) is 15.2 Å². The lowest BCUT2D eigenvalue weighted by Gasteiger charge is -2.15. The number of halogens is 1. The van der Waals surface area contributed by atoms with E-state index < -0.39 is 0 Å². The highest BCUT2D eigenvalue weighted by molar-refractivity contribution is 7.17. The fourth-order valence-electron chi connectivity index (χ4n) is 1.61. The van der Waals surface area contributed by atoms with Crippen molar-refractivity contribution >= 4 is 28.4 Å². The van der Waals surface area contributed by atoms with E-state index in [4.69, 9.17) is 0 Å². The molecule has 1 aromatic carbocycles. The summed E-state index contributed by atoms with van der Waals surface area (Å²) in [6.07, 6.45) is 1.56. The van der Waals surface area contributed by atoms with Gasteiger partial charge in [0.2, 0.25) is 0 Å². The molecule has 18 heavy (non-hydrogen) atoms. The molecule has 2 aromatic rings. The second-order valence-electron chi connectivity index (χ2n) is 3.81. The average molecular weight is 264 g/mol. The van der Waals surface area contributed by atoms with Gasteiger partial charge < -0.3 is 4.90 Å². The number of nitrogens with zero attached hydrogens (tertiary/aromatic N) is 2. The van der Waals surface area contributed by atoms with Crippen molar-refractivity contribution in [3.63, 3.8) is 0 Å². The van der Waals surface area contributed by atoms with Crippen LogP contribution in [0.2, 0.25) is 0 Å². The van der Waals surface area contributed by atoms with Gasteiger partial charge in [0, 0.05) is 12.7 Å². The first-order valence-corrected chi connectivity index (χ1v) is 6.41. The van der Waals surface area contributed by atoms with Crippen molar-refractivity contribution < 1.29 is 9.18 Å². The molecule has 0 amide bonds. The topological polar surface area (TPSA) is 33.2 Å². The Morgan fingerprint density at radius 2 is 2.06 bits per heavy atom. The highest BCUT2D eigenvalue weighted by Gasteiger charge is 2.13. The van der Waals surface area contributed by atoms with Crippen LogP contribution in [0.3, 0.4) is 0 Å². The molecule has 0 saturated carbocycles. The number of thiazole rings is 1. The van der Waals surface area contributed by atoms with E-state index >= 15 is 0 Å². The molecule has 5 heteroatoms. The molecule has 1 heterocycles. The lowest BCUT2D eigenvalue weighted by Crippen LogP contribution is -2.08. The maximum atomic E-state index is 12.9. The summed E-state index contributed by atoms with van der Waals surface area (Å²) < 4.78 is 12.9. The molecule has 2 rings (SSSR count). The first-order chi connectivity index (χ1) is 8.65. The van der Waals surface area contributed by atoms with E-state index in [1.54, 1.807) is 12.1 Å². The van der Waals surface area contributed by atoms with E-state index in [2.05, 4.69) is 4.98 Å². The van der Waals surface area contributed by atoms with Gasteiger partial charge >= 0.3 is 0 Å². The second kappa shape index (κ2) is 5.27. The number of hydrogen-bond acceptors (Lipinski definition) is 4. The van der Waals surface area contributed by atoms with Crippen molar-refractivity contribution in [2.45, 2.75) is 13.3 Å². The van der Waals surface area contributed by atoms with E-state index in [1.165, 1.54) is 23.5 Å². The smallest absolute Gasteiger partial charge is 0.190 e. The van der Waals surface area contributed by atoms with E-state index in [9.17, 15) is 9.18 Å². The van der Waals surface area contributed by atoms with Gasteiger partial charge in [-0.25, -0.2) is 9.37 Å². The molecule has 0 aliphatic heterocycles. The quantitative estimate of drug-likeness (QED) is 0.793. The van der Waals surface area contributed by atoms with Crippen LogP contribution < -0.4 is 4.90 Å². The molecule has 0 atom stereocenters. The van der Waals surface area contributed by atoms with Crippen molar-refractivity contribution in [3.8, 4) is 0 Å². The summed E-state index contributed by atoms with van der Waals surface area (Å²) in [5, 5.41) is 0.737. The average Bonchev–Trinajstić information content (AvgIpc) is 2.82. The number of carbonyl (C=O) groups excluding carboxylic acids is 1. The molecule has 0 bridgehead atoms. The zero-order valence-electron chi connectivity index (χ0n) is 10.2. The van der Waals surface area contributed by atoms with Crippen LogP contribution in [0.15, 0.2) is 24.3 Å². The van der Waals surface area contributed by atoms with Crippen LogP contribution in [-0.2, 0) is 6.42 Å². The molecule has 0 N–H and O–H groups in total. The number of aromatic nitrogens is 1. The maximum Gasteiger partial charge on any atom is 0.190 e. The summed E-state index contributed by atoms with van der Waals surface area (Å²) in [6.45, 7) is 1.96. The third-order valence-corrected chi connectivity index (χ3v) is 3.76. The van der Waals surface area contributed by atoms with E-state index in [0.29, 0.717) is 4.88 Å². The SMILES string of the molecule is CCc1nc(N(C)c2ccc(F)cc2)sc1C=O. The third kappa shape index (κ3) is 2.41. The van der Waals surface area contributed by atoms with Crippen LogP contribution in [-0.4, -0.2) is 18.3 Å². The van der Waals surface area contributed by atoms with Gasteiger partial charge in [0.1, 0.15) is 5.82 Å². The summed E-state index contributed by atoms with van der Waals surface area (Å²) >= 11 is 1.34. The predicted molar refractivity (Wildman–Crippen MR) is 71.3 cm³/mol. The molecule has 0 saturated heterocycles. The highest BCUT2D eigenvalue weighted by Crippen LogP contribution is 2.29. The van der Waals surface area contributed by atoms with Gasteiger partial charge in [-0.2, -0.15) is 0 Å². The second-order valence-corrected chi connectivity index (χ2v) is 4.82. The monoisotopic (exact) mass is 264 g/mol. The minimum atomic E-state index is -0.269. The van der Waals surface area contributed by atoms with Crippen LogP contribution in [0, 0.1) is 5.82 Å². The van der Waals surface area contributed by atoms with Crippen LogP contribution in [0.5, 0.6) is 0 Å². The predicted octanol–water partition coefficient (Wildman–Crippen LogP) is 3.43. The molecule has 0 aliphatic carbocycles. The Labute approximate surface area is 109 Å². The normalized spacial score (nSPS) is 10.4. The summed E-state index contributed by atoms with van der Waals surface area (Å²) in [5.41, 5.74) is 1.64. The summed E-state index contributed by atoms with van der Waals surface area (Å²) in [5.74, 6) is -0.269. The van der Waals surface area contributed by atoms with E-state index in [-0.39, 0.29) is 5.82 Å². The Morgan fingerprint density at radius 1 is 1.39 bits per heavy atom. The van der Waals surface area contributed by atoms with Gasteiger partial charge in [0.15, 0.2) is 11.4 Å². The van der Waals surface area contributed by atoms with E-state index in [1.807, 2.05) is 18.9 Å². The molecule has 0 radical (unpaired) electrons. The number of aldehydes is 1. The summed E-state index contributed by atoms with van der Waals surface area (Å²) in [7, 11) is 1.85. The minimum absolute atomic E-state index is 0.269. The molecule has 0 spiro atoms. The maximum absolute atomic E-state index is 12.9. The standard InChI is InChI=1S/C13H13FN2OS/c1-3-11-12(8-17)18-13(15-11)16(2)10-6-4-9(14)5-7-10/h4-8H,3H2,1-2H3. The number of anilines is 2. The zero-order valence-corrected chi connectivity index (χ0v) is 11.0. The lowest BCUT2D eigenvalue weighted by molar-refractivity contribution is 0.112. The van der Waals surface area contributed by atoms with Crippen LogP contribution >= 0.6 is 11.3 Å². The van der Waals surface area contributed by atoms with Crippen LogP contribution in [0.1, 0.15) is 22.3 Å². The van der Waals surface area contributed by atoms with Gasteiger partial charge in [-0.05, 0) is 30.7 Å². The molecule has 94 valence electrons. The van der Waals surface area contributed by atoms with Crippen molar-refractivity contribution in [2.75, 3.05) is 11.9 Å². The number of carbonyl (C=O) groups is 1. The van der Waals surface area contributed by atoms with Gasteiger partial charge in [-0.1, -0.05) is 18.3 Å². The number of hydrogen-bond donors (Lipinski definition) is 0. The molecule has 0 unspecified atom stereocenters. The molecule has 3 nitrogen and oxygen atoms in total. The lowest BCUT2D eigenvalue weighted by atomic mass is 10.3. The highest BCUT2D eigenvalue weighted by atomic mass is 32.1. The first kappa shape index (κ1) is 12.7. The number of rotatable bonds is 4. The van der Waals surface area contributed by atoms with Gasteiger partial charge in [0.25, 0.3) is 0 Å². The largest absolute Gasteiger partial charge is 0.321 e. The summed E-state index contributed by atoms with van der Waals surface area (Å²) in [4.78, 5) is 17.8. The Kier molecular flexibility index (Phi) is 3.72. The summed E-state index contributed by atoms with van der Waals surface area (Å²) in [6, 6.07) is 6.17. The Morgan fingerprint density at radius 3 is 2.56 bits per heavy atom. The molecular formula is C13H13FN2OS.